The van der Waals surface area contributed by atoms with Crippen LogP contribution in [0.3, 0.4) is 0 Å². The summed E-state index contributed by atoms with van der Waals surface area (Å²) in [6.45, 7) is 0.586. The summed E-state index contributed by atoms with van der Waals surface area (Å²) in [7, 11) is 3.28. The van der Waals surface area contributed by atoms with Gasteiger partial charge in [-0.05, 0) is 36.5 Å². The zero-order valence-electron chi connectivity index (χ0n) is 11.8. The Balaban J connectivity index is 2.06. The van der Waals surface area contributed by atoms with Crippen molar-refractivity contribution in [3.63, 3.8) is 0 Å². The van der Waals surface area contributed by atoms with Crippen molar-refractivity contribution in [3.05, 3.63) is 46.9 Å². The highest BCUT2D eigenvalue weighted by Crippen LogP contribution is 2.26. The maximum absolute atomic E-state index is 5.43. The Labute approximate surface area is 127 Å². The summed E-state index contributed by atoms with van der Waals surface area (Å²) >= 11 is 5.38. The number of ether oxygens (including phenoxy) is 2. The second-order valence-corrected chi connectivity index (χ2v) is 4.96. The highest BCUT2D eigenvalue weighted by atomic mass is 32.1. The lowest BCUT2D eigenvalue weighted by atomic mass is 10.2. The highest BCUT2D eigenvalue weighted by Gasteiger charge is 2.10. The summed E-state index contributed by atoms with van der Waals surface area (Å²) in [5.74, 6) is 1.53. The van der Waals surface area contributed by atoms with Crippen LogP contribution in [0.1, 0.15) is 5.56 Å². The van der Waals surface area contributed by atoms with Crippen molar-refractivity contribution in [2.75, 3.05) is 14.2 Å². The number of aromatic amines is 1. The van der Waals surface area contributed by atoms with Crippen molar-refractivity contribution in [3.8, 4) is 11.5 Å². The number of nitrogens with one attached hydrogen (secondary N) is 1. The van der Waals surface area contributed by atoms with Crippen LogP contribution < -0.4 is 9.47 Å². The molecule has 0 atom stereocenters. The lowest BCUT2D eigenvalue weighted by molar-refractivity contribution is 0.390. The van der Waals surface area contributed by atoms with Crippen molar-refractivity contribution >= 4 is 23.4 Å². The van der Waals surface area contributed by atoms with E-state index < -0.39 is 0 Å². The van der Waals surface area contributed by atoms with Crippen molar-refractivity contribution in [1.82, 2.24) is 14.5 Å². The molecule has 0 bridgehead atoms. The molecule has 1 N–H and O–H groups in total. The van der Waals surface area contributed by atoms with Crippen LogP contribution in [-0.2, 0) is 6.54 Å². The van der Waals surface area contributed by atoms with Crippen LogP contribution in [0.5, 0.6) is 11.5 Å². The Hall–Kier alpha value is -2.34. The van der Waals surface area contributed by atoms with Gasteiger partial charge >= 0.3 is 0 Å². The third-order valence-electron chi connectivity index (χ3n) is 3.35. The van der Waals surface area contributed by atoms with Gasteiger partial charge in [-0.1, -0.05) is 0 Å². The van der Waals surface area contributed by atoms with Gasteiger partial charge in [-0.25, -0.2) is 4.98 Å². The van der Waals surface area contributed by atoms with Gasteiger partial charge in [0.05, 0.1) is 26.3 Å². The van der Waals surface area contributed by atoms with E-state index in [2.05, 4.69) is 9.97 Å². The number of hydrogen-bond acceptors (Lipinski definition) is 4. The maximum Gasteiger partial charge on any atom is 0.179 e. The summed E-state index contributed by atoms with van der Waals surface area (Å²) in [6.07, 6.45) is 1.76. The van der Waals surface area contributed by atoms with E-state index in [-0.39, 0.29) is 0 Å². The lowest BCUT2D eigenvalue weighted by Crippen LogP contribution is -2.03. The first kappa shape index (κ1) is 13.6. The standard InChI is InChI=1S/C15H15N3O2S/c1-19-11-6-5-10(13(8-11)20-2)9-18-14-12(17-15(18)21)4-3-7-16-14/h3-8H,9H2,1-2H3,(H,17,21). The molecule has 3 rings (SSSR count). The van der Waals surface area contributed by atoms with Crippen LogP contribution in [0, 0.1) is 4.77 Å². The highest BCUT2D eigenvalue weighted by molar-refractivity contribution is 7.71. The van der Waals surface area contributed by atoms with Crippen molar-refractivity contribution in [2.24, 2.45) is 0 Å². The van der Waals surface area contributed by atoms with Crippen LogP contribution in [0.15, 0.2) is 36.5 Å². The zero-order chi connectivity index (χ0) is 14.8. The average Bonchev–Trinajstić information content (AvgIpc) is 2.83. The third-order valence-corrected chi connectivity index (χ3v) is 3.67. The molecule has 2 aromatic heterocycles. The Morgan fingerprint density at radius 3 is 2.86 bits per heavy atom. The van der Waals surface area contributed by atoms with E-state index in [9.17, 15) is 0 Å². The number of H-pyrrole nitrogens is 1. The summed E-state index contributed by atoms with van der Waals surface area (Å²) in [4.78, 5) is 7.54. The fourth-order valence-corrected chi connectivity index (χ4v) is 2.55. The minimum Gasteiger partial charge on any atom is -0.497 e. The number of methoxy groups -OCH3 is 2. The Morgan fingerprint density at radius 2 is 2.10 bits per heavy atom. The predicted octanol–water partition coefficient (Wildman–Crippen LogP) is 3.16. The van der Waals surface area contributed by atoms with Gasteiger partial charge in [0.1, 0.15) is 11.5 Å². The van der Waals surface area contributed by atoms with Crippen LogP contribution in [0.25, 0.3) is 11.2 Å². The molecule has 2 heterocycles. The van der Waals surface area contributed by atoms with Gasteiger partial charge in [0.15, 0.2) is 10.4 Å². The Bertz CT molecular complexity index is 838. The van der Waals surface area contributed by atoms with E-state index in [1.807, 2.05) is 34.9 Å². The molecule has 0 aliphatic rings. The summed E-state index contributed by atoms with van der Waals surface area (Å²) < 4.78 is 13.2. The van der Waals surface area contributed by atoms with Gasteiger partial charge < -0.3 is 14.5 Å². The van der Waals surface area contributed by atoms with E-state index in [1.54, 1.807) is 20.4 Å². The number of imidazole rings is 1. The van der Waals surface area contributed by atoms with Gasteiger partial charge in [-0.15, -0.1) is 0 Å². The topological polar surface area (TPSA) is 52.1 Å². The lowest BCUT2D eigenvalue weighted by Gasteiger charge is -2.11. The number of pyridine rings is 1. The molecule has 0 fully saturated rings. The molecule has 0 spiro atoms. The zero-order valence-corrected chi connectivity index (χ0v) is 12.6. The molecule has 5 nitrogen and oxygen atoms in total. The van der Waals surface area contributed by atoms with Crippen LogP contribution in [-0.4, -0.2) is 28.8 Å². The number of aromatic nitrogens is 3. The Morgan fingerprint density at radius 1 is 1.24 bits per heavy atom. The first-order valence-corrected chi connectivity index (χ1v) is 6.88. The quantitative estimate of drug-likeness (QED) is 0.752. The normalized spacial score (nSPS) is 10.8. The summed E-state index contributed by atoms with van der Waals surface area (Å²) in [6, 6.07) is 9.58. The number of rotatable bonds is 4. The van der Waals surface area contributed by atoms with E-state index in [0.29, 0.717) is 11.3 Å². The molecule has 108 valence electrons. The molecule has 0 unspecified atom stereocenters. The predicted molar refractivity (Wildman–Crippen MR) is 83.6 cm³/mol. The number of hydrogen-bond donors (Lipinski definition) is 1. The van der Waals surface area contributed by atoms with Crippen molar-refractivity contribution < 1.29 is 9.47 Å². The fraction of sp³-hybridized carbons (Fsp3) is 0.200. The average molecular weight is 301 g/mol. The van der Waals surface area contributed by atoms with Gasteiger partial charge in [0, 0.05) is 17.8 Å². The number of benzene rings is 1. The van der Waals surface area contributed by atoms with Gasteiger partial charge in [-0.2, -0.15) is 0 Å². The molecular formula is C15H15N3O2S. The van der Waals surface area contributed by atoms with E-state index in [1.165, 1.54) is 0 Å². The van der Waals surface area contributed by atoms with Gasteiger partial charge in [0.2, 0.25) is 0 Å². The fourth-order valence-electron chi connectivity index (χ4n) is 2.29. The summed E-state index contributed by atoms with van der Waals surface area (Å²) in [5, 5.41) is 0. The molecule has 0 aliphatic heterocycles. The number of fused-ring (bicyclic) bond motifs is 1. The van der Waals surface area contributed by atoms with E-state index in [4.69, 9.17) is 21.7 Å². The smallest absolute Gasteiger partial charge is 0.179 e. The minimum absolute atomic E-state index is 0.586. The first-order chi connectivity index (χ1) is 10.2. The minimum atomic E-state index is 0.586. The second-order valence-electron chi connectivity index (χ2n) is 4.57. The molecular weight excluding hydrogens is 286 g/mol. The molecule has 0 saturated carbocycles. The Kier molecular flexibility index (Phi) is 3.62. The largest absolute Gasteiger partial charge is 0.497 e. The molecule has 0 saturated heterocycles. The molecule has 6 heteroatoms. The molecule has 21 heavy (non-hydrogen) atoms. The second kappa shape index (κ2) is 5.57. The maximum atomic E-state index is 5.43. The van der Waals surface area contributed by atoms with Crippen LogP contribution >= 0.6 is 12.2 Å². The van der Waals surface area contributed by atoms with E-state index >= 15 is 0 Å². The van der Waals surface area contributed by atoms with Crippen LogP contribution in [0.4, 0.5) is 0 Å². The van der Waals surface area contributed by atoms with Crippen molar-refractivity contribution in [2.45, 2.75) is 6.54 Å². The number of nitrogens with zero attached hydrogens (tertiary/aromatic N) is 2. The molecule has 0 aliphatic carbocycles. The monoisotopic (exact) mass is 301 g/mol. The first-order valence-electron chi connectivity index (χ1n) is 6.47. The van der Waals surface area contributed by atoms with Gasteiger partial charge in [-0.3, -0.25) is 4.57 Å². The molecule has 3 aromatic rings. The molecule has 0 radical (unpaired) electrons. The van der Waals surface area contributed by atoms with E-state index in [0.717, 1.165) is 28.2 Å². The third kappa shape index (κ3) is 2.50. The molecule has 1 aromatic carbocycles. The molecule has 0 amide bonds. The summed E-state index contributed by atoms with van der Waals surface area (Å²) in [5.41, 5.74) is 2.77. The van der Waals surface area contributed by atoms with Crippen molar-refractivity contribution in [1.29, 1.82) is 0 Å². The SMILES string of the molecule is COc1ccc(Cn2c(=S)[nH]c3cccnc32)c(OC)c1. The van der Waals surface area contributed by atoms with Gasteiger partial charge in [0.25, 0.3) is 0 Å². The van der Waals surface area contributed by atoms with Crippen LogP contribution in [0.2, 0.25) is 0 Å².